The van der Waals surface area contributed by atoms with E-state index in [-0.39, 0.29) is 58.6 Å². The minimum absolute atomic E-state index is 0. The molecule has 0 fully saturated rings. The zero-order valence-corrected chi connectivity index (χ0v) is 23.5. The van der Waals surface area contributed by atoms with Crippen molar-refractivity contribution < 1.29 is 50.7 Å². The molecule has 0 aliphatic carbocycles. The predicted molar refractivity (Wildman–Crippen MR) is 121 cm³/mol. The van der Waals surface area contributed by atoms with Gasteiger partial charge in [-0.1, -0.05) is 53.7 Å². The number of hydrogen-bond donors (Lipinski definition) is 0. The molecule has 0 radical (unpaired) electrons. The Balaban J connectivity index is 0.000000528. The van der Waals surface area contributed by atoms with E-state index >= 15 is 0 Å². The Kier molecular flexibility index (Phi) is 14.3. The number of rotatable bonds is 5. The minimum atomic E-state index is 0. The summed E-state index contributed by atoms with van der Waals surface area (Å²) in [6.45, 7) is 6.72. The van der Waals surface area contributed by atoms with Crippen LogP contribution in [0.15, 0.2) is 72.8 Å². The molecule has 0 aliphatic heterocycles. The normalized spacial score (nSPS) is 9.93. The number of halogens is 2. The summed E-state index contributed by atoms with van der Waals surface area (Å²) < 4.78 is 0. The van der Waals surface area contributed by atoms with Gasteiger partial charge < -0.3 is 24.8 Å². The summed E-state index contributed by atoms with van der Waals surface area (Å²) in [5.74, 6) is 0. The molecule has 0 atom stereocenters. The second-order valence-corrected chi connectivity index (χ2v) is 9.48. The van der Waals surface area contributed by atoms with Crippen LogP contribution >= 0.6 is 7.92 Å². The van der Waals surface area contributed by atoms with Gasteiger partial charge in [-0.15, -0.1) is 80.9 Å². The molecule has 4 heteroatoms. The summed E-state index contributed by atoms with van der Waals surface area (Å²) in [4.78, 5) is 0. The molecule has 0 nitrogen and oxygen atoms in total. The van der Waals surface area contributed by atoms with Crippen molar-refractivity contribution in [3.05, 3.63) is 78.4 Å². The molecule has 29 heavy (non-hydrogen) atoms. The van der Waals surface area contributed by atoms with E-state index in [0.717, 1.165) is 0 Å². The molecule has 4 aromatic carbocycles. The largest absolute Gasteiger partial charge is 4.00 e. The maximum absolute atomic E-state index is 2.41. The summed E-state index contributed by atoms with van der Waals surface area (Å²) in [5, 5.41) is 7.13. The van der Waals surface area contributed by atoms with Crippen LogP contribution in [0.2, 0.25) is 0 Å². The zero-order valence-electron chi connectivity index (χ0n) is 17.5. The molecule has 0 aromatic heterocycles. The van der Waals surface area contributed by atoms with Crippen LogP contribution in [0.3, 0.4) is 0 Å². The van der Waals surface area contributed by atoms with Gasteiger partial charge in [0.05, 0.1) is 0 Å². The van der Waals surface area contributed by atoms with Crippen LogP contribution in [-0.2, 0) is 25.8 Å². The van der Waals surface area contributed by atoms with Crippen molar-refractivity contribution in [2.45, 2.75) is 33.6 Å². The van der Waals surface area contributed by atoms with Crippen molar-refractivity contribution in [1.82, 2.24) is 0 Å². The molecule has 152 valence electrons. The van der Waals surface area contributed by atoms with Gasteiger partial charge in [0.25, 0.3) is 0 Å². The SMILES string of the molecule is CCCP(CCC)c1cc2ccccc2[cH-]1.Cc1cc2ccccc2[cH-]1.[Cl-].[Cl-].[Hf+4]. The second kappa shape index (κ2) is 14.5. The monoisotopic (exact) mass is 610 g/mol. The van der Waals surface area contributed by atoms with Crippen LogP contribution in [0.25, 0.3) is 21.5 Å². The Morgan fingerprint density at radius 1 is 0.724 bits per heavy atom. The fraction of sp³-hybridized carbons (Fsp3) is 0.280. The maximum Gasteiger partial charge on any atom is 4.00 e. The molecule has 0 saturated heterocycles. The molecule has 4 aromatic rings. The first kappa shape index (κ1) is 28.5. The summed E-state index contributed by atoms with van der Waals surface area (Å²) in [6.07, 6.45) is 5.40. The van der Waals surface area contributed by atoms with Crippen molar-refractivity contribution in [2.24, 2.45) is 0 Å². The van der Waals surface area contributed by atoms with Crippen molar-refractivity contribution >= 4 is 34.8 Å². The number of benzene rings is 2. The van der Waals surface area contributed by atoms with E-state index in [1.807, 2.05) is 0 Å². The number of hydrogen-bond acceptors (Lipinski definition) is 0. The molecule has 0 bridgehead atoms. The summed E-state index contributed by atoms with van der Waals surface area (Å²) >= 11 is 0. The van der Waals surface area contributed by atoms with E-state index in [2.05, 4.69) is 93.6 Å². The van der Waals surface area contributed by atoms with Crippen LogP contribution in [0, 0.1) is 6.92 Å². The Labute approximate surface area is 208 Å². The first-order valence-electron chi connectivity index (χ1n) is 9.73. The topological polar surface area (TPSA) is 0 Å². The molecular weight excluding hydrogens is 581 g/mol. The fourth-order valence-corrected chi connectivity index (χ4v) is 6.00. The molecule has 0 spiro atoms. The van der Waals surface area contributed by atoms with Gasteiger partial charge in [-0.25, -0.2) is 0 Å². The average Bonchev–Trinajstić information content (AvgIpc) is 3.24. The predicted octanol–water partition coefficient (Wildman–Crippen LogP) is 1.36. The summed E-state index contributed by atoms with van der Waals surface area (Å²) in [7, 11) is 0.0972. The molecule has 0 saturated carbocycles. The van der Waals surface area contributed by atoms with Gasteiger partial charge >= 0.3 is 25.8 Å². The van der Waals surface area contributed by atoms with Gasteiger partial charge in [0.2, 0.25) is 0 Å². The molecule has 0 unspecified atom stereocenters. The third-order valence-electron chi connectivity index (χ3n) is 4.72. The Bertz CT molecular complexity index is 885. The maximum atomic E-state index is 2.41. The standard InChI is InChI=1S/C15H20P.C10H9.2ClH.Hf/c1-3-9-16(10-4-2)15-11-13-7-5-6-8-14(13)12-15;1-8-6-9-4-2-3-5-10(9)7-8;;;/h5-8,11-12H,3-4,9-10H2,1-2H3;2-7H,1H3;2*1H;/q2*-1;;;+4/p-2. The third kappa shape index (κ3) is 7.95. The number of aryl methyl sites for hydroxylation is 1. The van der Waals surface area contributed by atoms with E-state index in [1.165, 1.54) is 52.3 Å². The molecule has 4 rings (SSSR count). The molecule has 0 N–H and O–H groups in total. The quantitative estimate of drug-likeness (QED) is 0.182. The average molecular weight is 610 g/mol. The van der Waals surface area contributed by atoms with Crippen molar-refractivity contribution in [2.75, 3.05) is 12.3 Å². The van der Waals surface area contributed by atoms with Crippen LogP contribution in [0.4, 0.5) is 0 Å². The summed E-state index contributed by atoms with van der Waals surface area (Å²) in [5.41, 5.74) is 1.35. The first-order chi connectivity index (χ1) is 12.7. The van der Waals surface area contributed by atoms with Crippen molar-refractivity contribution in [3.8, 4) is 0 Å². The van der Waals surface area contributed by atoms with E-state index in [9.17, 15) is 0 Å². The van der Waals surface area contributed by atoms with Crippen molar-refractivity contribution in [3.63, 3.8) is 0 Å². The van der Waals surface area contributed by atoms with Crippen LogP contribution in [-0.4, -0.2) is 12.3 Å². The van der Waals surface area contributed by atoms with Gasteiger partial charge in [-0.3, -0.25) is 0 Å². The van der Waals surface area contributed by atoms with E-state index in [1.54, 1.807) is 5.30 Å². The van der Waals surface area contributed by atoms with Crippen LogP contribution < -0.4 is 30.1 Å². The van der Waals surface area contributed by atoms with E-state index in [4.69, 9.17) is 0 Å². The van der Waals surface area contributed by atoms with E-state index in [0.29, 0.717) is 0 Å². The Hall–Kier alpha value is -0.460. The van der Waals surface area contributed by atoms with Gasteiger partial charge in [-0.2, -0.15) is 12.1 Å². The second-order valence-electron chi connectivity index (χ2n) is 6.99. The Morgan fingerprint density at radius 3 is 1.69 bits per heavy atom. The van der Waals surface area contributed by atoms with Crippen molar-refractivity contribution in [1.29, 1.82) is 0 Å². The van der Waals surface area contributed by atoms with Gasteiger partial charge in [0.1, 0.15) is 0 Å². The van der Waals surface area contributed by atoms with Gasteiger partial charge in [0, 0.05) is 0 Å². The zero-order chi connectivity index (χ0) is 18.4. The molecule has 0 aliphatic rings. The summed E-state index contributed by atoms with van der Waals surface area (Å²) in [6, 6.07) is 26.4. The molecule has 0 heterocycles. The number of fused-ring (bicyclic) bond motifs is 2. The van der Waals surface area contributed by atoms with Gasteiger partial charge in [-0.05, 0) is 12.3 Å². The fourth-order valence-electron chi connectivity index (χ4n) is 3.53. The van der Waals surface area contributed by atoms with Crippen LogP contribution in [0.1, 0.15) is 32.3 Å². The Morgan fingerprint density at radius 2 is 1.21 bits per heavy atom. The third-order valence-corrected chi connectivity index (χ3v) is 7.68. The first-order valence-corrected chi connectivity index (χ1v) is 11.4. The molecular formula is C25H29Cl2HfP. The minimum Gasteiger partial charge on any atom is -1.00 e. The molecule has 0 amide bonds. The smallest absolute Gasteiger partial charge is 1.00 e. The van der Waals surface area contributed by atoms with Gasteiger partial charge in [0.15, 0.2) is 0 Å². The van der Waals surface area contributed by atoms with Crippen LogP contribution in [0.5, 0.6) is 0 Å². The van der Waals surface area contributed by atoms with E-state index < -0.39 is 0 Å².